The number of benzene rings is 1. The Morgan fingerprint density at radius 2 is 1.90 bits per heavy atom. The molecule has 1 aromatic heterocycles. The Morgan fingerprint density at radius 1 is 1.17 bits per heavy atom. The fourth-order valence-corrected chi connectivity index (χ4v) is 3.25. The normalized spacial score (nSPS) is 14.2. The molecule has 10 heteroatoms. The van der Waals surface area contributed by atoms with E-state index in [1.54, 1.807) is 24.3 Å². The molecule has 2 aromatic rings. The molecule has 0 bridgehead atoms. The monoisotopic (exact) mass is 400 g/mol. The molecule has 0 atom stereocenters. The number of nitrogens with one attached hydrogen (secondary N) is 2. The molecule has 0 spiro atoms. The van der Waals surface area contributed by atoms with Crippen molar-refractivity contribution in [2.45, 2.75) is 12.8 Å². The van der Waals surface area contributed by atoms with Crippen molar-refractivity contribution in [1.82, 2.24) is 15.4 Å². The smallest absolute Gasteiger partial charge is 0.308 e. The number of hydrogen-bond donors (Lipinski definition) is 3. The molecule has 154 valence electrons. The third-order valence-corrected chi connectivity index (χ3v) is 4.84. The van der Waals surface area contributed by atoms with E-state index in [1.807, 2.05) is 4.90 Å². The van der Waals surface area contributed by atoms with Crippen molar-refractivity contribution in [3.05, 3.63) is 36.2 Å². The molecule has 29 heavy (non-hydrogen) atoms. The Morgan fingerprint density at radius 3 is 2.59 bits per heavy atom. The predicted molar refractivity (Wildman–Crippen MR) is 107 cm³/mol. The molecule has 1 aliphatic heterocycles. The van der Waals surface area contributed by atoms with Crippen LogP contribution in [0.3, 0.4) is 0 Å². The van der Waals surface area contributed by atoms with Crippen LogP contribution in [0, 0.1) is 5.92 Å². The number of nitrogens with zero attached hydrogens (tertiary/aromatic N) is 3. The fraction of sp³-hybridized carbons (Fsp3) is 0.368. The third-order valence-electron chi connectivity index (χ3n) is 4.84. The molecular weight excluding hydrogens is 376 g/mol. The highest BCUT2D eigenvalue weighted by Gasteiger charge is 2.27. The average molecular weight is 400 g/mol. The summed E-state index contributed by atoms with van der Waals surface area (Å²) in [5.41, 5.74) is 12.2. The van der Waals surface area contributed by atoms with Crippen LogP contribution in [0.4, 0.5) is 17.3 Å². The van der Waals surface area contributed by atoms with Gasteiger partial charge >= 0.3 is 5.97 Å². The molecule has 1 fully saturated rings. The maximum atomic E-state index is 12.4. The number of para-hydroxylation sites is 1. The minimum atomic E-state index is -0.388. The number of carbonyl (C=O) groups is 2. The number of amides is 1. The Kier molecular flexibility index (Phi) is 6.32. The maximum absolute atomic E-state index is 12.4. The quantitative estimate of drug-likeness (QED) is 0.483. The van der Waals surface area contributed by atoms with Crippen molar-refractivity contribution in [2.75, 3.05) is 43.4 Å². The molecule has 0 saturated carbocycles. The number of esters is 1. The van der Waals surface area contributed by atoms with Crippen LogP contribution >= 0.6 is 0 Å². The fourth-order valence-electron chi connectivity index (χ4n) is 3.25. The zero-order valence-electron chi connectivity index (χ0n) is 16.3. The molecule has 1 saturated heterocycles. The van der Waals surface area contributed by atoms with Gasteiger partial charge in [0, 0.05) is 13.1 Å². The lowest BCUT2D eigenvalue weighted by Crippen LogP contribution is -2.38. The van der Waals surface area contributed by atoms with Gasteiger partial charge in [0.05, 0.1) is 25.7 Å². The highest BCUT2D eigenvalue weighted by atomic mass is 16.5. The summed E-state index contributed by atoms with van der Waals surface area (Å²) in [5.74, 6) is 0.599. The molecule has 1 amide bonds. The number of carbonyl (C=O) groups excluding carboxylic acids is 2. The minimum Gasteiger partial charge on any atom is -0.496 e. The number of hydrogen-bond acceptors (Lipinski definition) is 9. The summed E-state index contributed by atoms with van der Waals surface area (Å²) in [4.78, 5) is 34.5. The summed E-state index contributed by atoms with van der Waals surface area (Å²) < 4.78 is 10.0. The largest absolute Gasteiger partial charge is 0.496 e. The molecule has 1 aromatic carbocycles. The first kappa shape index (κ1) is 20.2. The summed E-state index contributed by atoms with van der Waals surface area (Å²) >= 11 is 0. The molecule has 1 aliphatic rings. The van der Waals surface area contributed by atoms with Gasteiger partial charge in [-0.05, 0) is 25.0 Å². The van der Waals surface area contributed by atoms with Gasteiger partial charge in [-0.3, -0.25) is 20.4 Å². The van der Waals surface area contributed by atoms with E-state index in [4.69, 9.17) is 15.2 Å². The third kappa shape index (κ3) is 4.48. The first-order valence-corrected chi connectivity index (χ1v) is 9.17. The van der Waals surface area contributed by atoms with Crippen LogP contribution in [0.25, 0.3) is 0 Å². The van der Waals surface area contributed by atoms with Gasteiger partial charge in [0.25, 0.3) is 5.91 Å². The summed E-state index contributed by atoms with van der Waals surface area (Å²) in [5, 5.41) is 0. The van der Waals surface area contributed by atoms with Crippen LogP contribution in [0.15, 0.2) is 30.6 Å². The van der Waals surface area contributed by atoms with Gasteiger partial charge in [0.2, 0.25) is 0 Å². The minimum absolute atomic E-state index is 0.114. The number of hydrazine groups is 1. The number of nitrogens with two attached hydrogens (primary N) is 1. The van der Waals surface area contributed by atoms with Crippen LogP contribution in [0.2, 0.25) is 0 Å². The average Bonchev–Trinajstić information content (AvgIpc) is 2.77. The summed E-state index contributed by atoms with van der Waals surface area (Å²) in [7, 11) is 2.89. The van der Waals surface area contributed by atoms with Gasteiger partial charge in [-0.25, -0.2) is 9.97 Å². The Hall–Kier alpha value is -3.56. The number of anilines is 3. The van der Waals surface area contributed by atoms with Gasteiger partial charge in [-0.1, -0.05) is 12.1 Å². The van der Waals surface area contributed by atoms with Crippen molar-refractivity contribution >= 4 is 29.2 Å². The second kappa shape index (κ2) is 9.09. The van der Waals surface area contributed by atoms with Crippen molar-refractivity contribution in [2.24, 2.45) is 5.92 Å². The number of rotatable bonds is 6. The molecule has 10 nitrogen and oxygen atoms in total. The van der Waals surface area contributed by atoms with Crippen LogP contribution in [0.1, 0.15) is 23.2 Å². The van der Waals surface area contributed by atoms with E-state index in [9.17, 15) is 9.59 Å². The highest BCUT2D eigenvalue weighted by Crippen LogP contribution is 2.29. The van der Waals surface area contributed by atoms with E-state index >= 15 is 0 Å². The van der Waals surface area contributed by atoms with Crippen LogP contribution in [-0.2, 0) is 9.53 Å². The molecule has 3 rings (SSSR count). The van der Waals surface area contributed by atoms with Gasteiger partial charge in [0.1, 0.15) is 17.8 Å². The van der Waals surface area contributed by atoms with Gasteiger partial charge in [-0.15, -0.1) is 0 Å². The molecule has 2 heterocycles. The molecule has 4 N–H and O–H groups in total. The topological polar surface area (TPSA) is 132 Å². The lowest BCUT2D eigenvalue weighted by Gasteiger charge is -2.32. The van der Waals surface area contributed by atoms with Crippen molar-refractivity contribution in [1.29, 1.82) is 0 Å². The SMILES string of the molecule is COC(=O)C1CCN(c2ncnc(NNC(=O)c3ccccc3OC)c2N)CC1. The predicted octanol–water partition coefficient (Wildman–Crippen LogP) is 1.21. The van der Waals surface area contributed by atoms with E-state index in [1.165, 1.54) is 20.5 Å². The zero-order chi connectivity index (χ0) is 20.8. The Bertz CT molecular complexity index is 883. The van der Waals surface area contributed by atoms with Crippen LogP contribution in [0.5, 0.6) is 5.75 Å². The molecule has 0 aliphatic carbocycles. The Balaban J connectivity index is 1.66. The van der Waals surface area contributed by atoms with Crippen LogP contribution < -0.4 is 26.2 Å². The van der Waals surface area contributed by atoms with Crippen molar-refractivity contribution < 1.29 is 19.1 Å². The molecule has 0 radical (unpaired) electrons. The zero-order valence-corrected chi connectivity index (χ0v) is 16.3. The molecular formula is C19H24N6O4. The lowest BCUT2D eigenvalue weighted by molar-refractivity contribution is -0.146. The van der Waals surface area contributed by atoms with E-state index in [-0.39, 0.29) is 23.6 Å². The van der Waals surface area contributed by atoms with E-state index < -0.39 is 0 Å². The van der Waals surface area contributed by atoms with Gasteiger partial charge < -0.3 is 20.1 Å². The maximum Gasteiger partial charge on any atom is 0.308 e. The summed E-state index contributed by atoms with van der Waals surface area (Å²) in [6.45, 7) is 1.24. The second-order valence-electron chi connectivity index (χ2n) is 6.52. The van der Waals surface area contributed by atoms with Gasteiger partial charge in [-0.2, -0.15) is 0 Å². The lowest BCUT2D eigenvalue weighted by atomic mass is 9.97. The van der Waals surface area contributed by atoms with Gasteiger partial charge in [0.15, 0.2) is 11.6 Å². The second-order valence-corrected chi connectivity index (χ2v) is 6.52. The number of methoxy groups -OCH3 is 2. The standard InChI is InChI=1S/C19H24N6O4/c1-28-14-6-4-3-5-13(14)18(26)24-23-16-15(20)17(22-11-21-16)25-9-7-12(8-10-25)19(27)29-2/h3-6,11-12H,7-10,20H2,1-2H3,(H,24,26)(H,21,22,23). The highest BCUT2D eigenvalue weighted by molar-refractivity contribution is 5.97. The number of aromatic nitrogens is 2. The number of nitrogen functional groups attached to an aromatic ring is 1. The van der Waals surface area contributed by atoms with Crippen molar-refractivity contribution in [3.63, 3.8) is 0 Å². The van der Waals surface area contributed by atoms with Crippen LogP contribution in [-0.4, -0.2) is 49.2 Å². The van der Waals surface area contributed by atoms with E-state index in [0.717, 1.165) is 0 Å². The van der Waals surface area contributed by atoms with E-state index in [0.29, 0.717) is 48.7 Å². The van der Waals surface area contributed by atoms with E-state index in [2.05, 4.69) is 20.8 Å². The number of ether oxygens (including phenoxy) is 2. The first-order chi connectivity index (χ1) is 14.0. The molecule has 0 unspecified atom stereocenters. The summed E-state index contributed by atoms with van der Waals surface area (Å²) in [6, 6.07) is 6.87. The number of piperidine rings is 1. The Labute approximate surface area is 168 Å². The first-order valence-electron chi connectivity index (χ1n) is 9.17. The van der Waals surface area contributed by atoms with Crippen molar-refractivity contribution in [3.8, 4) is 5.75 Å². The summed E-state index contributed by atoms with van der Waals surface area (Å²) in [6.07, 6.45) is 2.68.